The van der Waals surface area contributed by atoms with Gasteiger partial charge in [-0.1, -0.05) is 0 Å². The van der Waals surface area contributed by atoms with Crippen LogP contribution >= 0.6 is 73.2 Å². The van der Waals surface area contributed by atoms with Gasteiger partial charge in [0, 0.05) is 39.8 Å². The van der Waals surface area contributed by atoms with Crippen molar-refractivity contribution >= 4 is 73.2 Å². The molecule has 6 heteroatoms. The lowest BCUT2D eigenvalue weighted by atomic mass is 10.5. The molecule has 1 unspecified atom stereocenters. The maximum Gasteiger partial charge on any atom is 0.0226 e. The predicted molar refractivity (Wildman–Crippen MR) is 92.5 cm³/mol. The van der Waals surface area contributed by atoms with Crippen molar-refractivity contribution in [2.45, 2.75) is 5.25 Å². The Bertz CT molecular complexity index is 121. The fourth-order valence-electron chi connectivity index (χ4n) is 0.872. The lowest BCUT2D eigenvalue weighted by Gasteiger charge is -2.12. The first-order valence-corrected chi connectivity index (χ1v) is 10.2. The SMILES string of the molecule is SCCSCCSCC(CS)SCCS. The number of thiol groups is 3. The summed E-state index contributed by atoms with van der Waals surface area (Å²) < 4.78 is 0. The highest BCUT2D eigenvalue weighted by Crippen LogP contribution is 2.18. The van der Waals surface area contributed by atoms with E-state index in [4.69, 9.17) is 0 Å². The Morgan fingerprint density at radius 2 is 1.47 bits per heavy atom. The third-order valence-electron chi connectivity index (χ3n) is 1.56. The van der Waals surface area contributed by atoms with Gasteiger partial charge in [0.05, 0.1) is 0 Å². The third kappa shape index (κ3) is 12.3. The fraction of sp³-hybridized carbons (Fsp3) is 1.00. The summed E-state index contributed by atoms with van der Waals surface area (Å²) in [5, 5.41) is 0.695. The van der Waals surface area contributed by atoms with Gasteiger partial charge in [-0.05, 0) is 11.5 Å². The Morgan fingerprint density at radius 3 is 2.07 bits per heavy atom. The van der Waals surface area contributed by atoms with Crippen molar-refractivity contribution in [3.63, 3.8) is 0 Å². The third-order valence-corrected chi connectivity index (χ3v) is 7.13. The molecule has 0 spiro atoms. The van der Waals surface area contributed by atoms with E-state index in [9.17, 15) is 0 Å². The van der Waals surface area contributed by atoms with Gasteiger partial charge in [-0.25, -0.2) is 0 Å². The molecule has 0 nitrogen and oxygen atoms in total. The lowest BCUT2D eigenvalue weighted by molar-refractivity contribution is 1.15. The molecule has 0 N–H and O–H groups in total. The second-order valence-electron chi connectivity index (χ2n) is 2.81. The first-order chi connectivity index (χ1) is 7.35. The summed E-state index contributed by atoms with van der Waals surface area (Å²) in [7, 11) is 0. The van der Waals surface area contributed by atoms with Gasteiger partial charge >= 0.3 is 0 Å². The maximum absolute atomic E-state index is 4.37. The van der Waals surface area contributed by atoms with Crippen LogP contribution in [0.15, 0.2) is 0 Å². The van der Waals surface area contributed by atoms with Gasteiger partial charge < -0.3 is 0 Å². The minimum Gasteiger partial charge on any atom is -0.179 e. The molecule has 0 saturated carbocycles. The highest BCUT2D eigenvalue weighted by Gasteiger charge is 2.06. The number of hydrogen-bond donors (Lipinski definition) is 3. The molecular weight excluding hydrogens is 301 g/mol. The normalized spacial score (nSPS) is 13.0. The van der Waals surface area contributed by atoms with Crippen LogP contribution in [0.25, 0.3) is 0 Å². The topological polar surface area (TPSA) is 0 Å². The summed E-state index contributed by atoms with van der Waals surface area (Å²) >= 11 is 18.8. The highest BCUT2D eigenvalue weighted by atomic mass is 32.2. The number of hydrogen-bond acceptors (Lipinski definition) is 6. The largest absolute Gasteiger partial charge is 0.179 e. The summed E-state index contributed by atoms with van der Waals surface area (Å²) in [4.78, 5) is 0. The minimum atomic E-state index is 0.695. The monoisotopic (exact) mass is 320 g/mol. The van der Waals surface area contributed by atoms with Crippen molar-refractivity contribution in [3.05, 3.63) is 0 Å². The summed E-state index contributed by atoms with van der Waals surface area (Å²) in [5.41, 5.74) is 0. The minimum absolute atomic E-state index is 0.695. The highest BCUT2D eigenvalue weighted by molar-refractivity contribution is 8.05. The first kappa shape index (κ1) is 17.1. The lowest BCUT2D eigenvalue weighted by Crippen LogP contribution is -2.10. The van der Waals surface area contributed by atoms with Gasteiger partial charge in [0.25, 0.3) is 0 Å². The Labute approximate surface area is 123 Å². The van der Waals surface area contributed by atoms with Crippen LogP contribution in [-0.4, -0.2) is 51.3 Å². The van der Waals surface area contributed by atoms with Crippen LogP contribution in [0, 0.1) is 0 Å². The number of rotatable bonds is 11. The van der Waals surface area contributed by atoms with E-state index in [0.717, 1.165) is 23.0 Å². The van der Waals surface area contributed by atoms with Gasteiger partial charge in [-0.15, -0.1) is 0 Å². The zero-order valence-electron chi connectivity index (χ0n) is 8.80. The van der Waals surface area contributed by atoms with E-state index in [0.29, 0.717) is 5.25 Å². The fourth-order valence-corrected chi connectivity index (χ4v) is 5.24. The van der Waals surface area contributed by atoms with Gasteiger partial charge in [0.15, 0.2) is 0 Å². The average molecular weight is 321 g/mol. The van der Waals surface area contributed by atoms with E-state index in [1.165, 1.54) is 23.0 Å². The predicted octanol–water partition coefficient (Wildman–Crippen LogP) is 3.34. The van der Waals surface area contributed by atoms with Crippen LogP contribution in [0.5, 0.6) is 0 Å². The molecule has 0 heterocycles. The quantitative estimate of drug-likeness (QED) is 0.395. The zero-order chi connectivity index (χ0) is 11.4. The second-order valence-corrected chi connectivity index (χ2v) is 7.85. The van der Waals surface area contributed by atoms with Crippen LogP contribution in [0.1, 0.15) is 0 Å². The molecule has 0 rings (SSSR count). The molecule has 0 saturated heterocycles. The molecular formula is C9H20S6. The molecule has 0 aliphatic heterocycles. The van der Waals surface area contributed by atoms with E-state index in [1.54, 1.807) is 0 Å². The number of thioether (sulfide) groups is 3. The van der Waals surface area contributed by atoms with Gasteiger partial charge in [0.2, 0.25) is 0 Å². The molecule has 0 bridgehead atoms. The van der Waals surface area contributed by atoms with Gasteiger partial charge in [0.1, 0.15) is 0 Å². The van der Waals surface area contributed by atoms with E-state index in [-0.39, 0.29) is 0 Å². The summed E-state index contributed by atoms with van der Waals surface area (Å²) in [6.07, 6.45) is 0. The van der Waals surface area contributed by atoms with Crippen molar-refractivity contribution in [2.75, 3.05) is 46.0 Å². The molecule has 1 atom stereocenters. The standard InChI is InChI=1S/C9H20S6/c10-1-3-13-5-6-14-8-9(7-12)15-4-2-11/h9-12H,1-8H2. The van der Waals surface area contributed by atoms with Crippen LogP contribution in [0.2, 0.25) is 0 Å². The molecule has 0 fully saturated rings. The molecule has 0 radical (unpaired) electrons. The van der Waals surface area contributed by atoms with Crippen LogP contribution < -0.4 is 0 Å². The van der Waals surface area contributed by atoms with Crippen molar-refractivity contribution in [1.82, 2.24) is 0 Å². The Morgan fingerprint density at radius 1 is 0.800 bits per heavy atom. The van der Waals surface area contributed by atoms with Crippen molar-refractivity contribution in [3.8, 4) is 0 Å². The molecule has 0 amide bonds. The smallest absolute Gasteiger partial charge is 0.0226 e. The molecule has 0 aliphatic carbocycles. The van der Waals surface area contributed by atoms with Crippen molar-refractivity contribution in [2.24, 2.45) is 0 Å². The molecule has 0 aromatic carbocycles. The van der Waals surface area contributed by atoms with E-state index >= 15 is 0 Å². The molecule has 0 aromatic heterocycles. The summed E-state index contributed by atoms with van der Waals surface area (Å²) in [6, 6.07) is 0. The van der Waals surface area contributed by atoms with E-state index < -0.39 is 0 Å². The first-order valence-electron chi connectivity index (χ1n) is 4.94. The van der Waals surface area contributed by atoms with E-state index in [1.807, 2.05) is 35.3 Å². The van der Waals surface area contributed by atoms with Gasteiger partial charge in [-0.2, -0.15) is 73.2 Å². The van der Waals surface area contributed by atoms with Crippen LogP contribution in [0.3, 0.4) is 0 Å². The molecule has 0 aromatic rings. The van der Waals surface area contributed by atoms with Crippen LogP contribution in [-0.2, 0) is 0 Å². The molecule has 15 heavy (non-hydrogen) atoms. The summed E-state index contributed by atoms with van der Waals surface area (Å²) in [6.45, 7) is 0. The Hall–Kier alpha value is 2.10. The maximum atomic E-state index is 4.37. The average Bonchev–Trinajstić information content (AvgIpc) is 2.27. The van der Waals surface area contributed by atoms with Crippen molar-refractivity contribution < 1.29 is 0 Å². The Balaban J connectivity index is 3.22. The van der Waals surface area contributed by atoms with E-state index in [2.05, 4.69) is 37.9 Å². The Kier molecular flexibility index (Phi) is 16.1. The van der Waals surface area contributed by atoms with Crippen LogP contribution in [0.4, 0.5) is 0 Å². The zero-order valence-corrected chi connectivity index (χ0v) is 13.9. The molecule has 92 valence electrons. The molecule has 0 aliphatic rings. The van der Waals surface area contributed by atoms with Crippen molar-refractivity contribution in [1.29, 1.82) is 0 Å². The second kappa shape index (κ2) is 14.2. The summed E-state index contributed by atoms with van der Waals surface area (Å²) in [5.74, 6) is 8.99. The van der Waals surface area contributed by atoms with Gasteiger partial charge in [-0.3, -0.25) is 0 Å².